The fraction of sp³-hybridized carbons (Fsp3) is 0.583. The molecule has 0 aliphatic carbocycles. The van der Waals surface area contributed by atoms with Gasteiger partial charge in [-0.1, -0.05) is 6.92 Å². The van der Waals surface area contributed by atoms with Crippen molar-refractivity contribution in [3.8, 4) is 0 Å². The minimum atomic E-state index is -0.452. The van der Waals surface area contributed by atoms with Crippen LogP contribution in [0.5, 0.6) is 0 Å². The van der Waals surface area contributed by atoms with Crippen LogP contribution in [0.4, 0.5) is 17.3 Å². The second kappa shape index (κ2) is 5.40. The normalized spacial score (nSPS) is 23.4. The number of nitro groups is 1. The number of aromatic nitrogens is 1. The van der Waals surface area contributed by atoms with E-state index in [-0.39, 0.29) is 23.7 Å². The third kappa shape index (κ3) is 2.93. The summed E-state index contributed by atoms with van der Waals surface area (Å²) in [7, 11) is 0. The number of nitrogen functional groups attached to an aromatic ring is 1. The molecule has 1 aliphatic heterocycles. The number of nitrogens with two attached hydrogens (primary N) is 1. The largest absolute Gasteiger partial charge is 0.383 e. The Hall–Kier alpha value is -1.89. The molecule has 0 saturated carbocycles. The molecule has 0 amide bonds. The van der Waals surface area contributed by atoms with E-state index in [4.69, 9.17) is 10.5 Å². The van der Waals surface area contributed by atoms with Crippen molar-refractivity contribution in [2.45, 2.75) is 32.4 Å². The highest BCUT2D eigenvalue weighted by molar-refractivity contribution is 5.55. The maximum atomic E-state index is 10.9. The van der Waals surface area contributed by atoms with Crippen molar-refractivity contribution in [1.29, 1.82) is 0 Å². The molecule has 2 rings (SSSR count). The van der Waals surface area contributed by atoms with E-state index in [0.717, 1.165) is 6.42 Å². The monoisotopic (exact) mass is 266 g/mol. The molecule has 1 saturated heterocycles. The van der Waals surface area contributed by atoms with Gasteiger partial charge in [0.2, 0.25) is 0 Å². The van der Waals surface area contributed by atoms with E-state index < -0.39 is 4.92 Å². The van der Waals surface area contributed by atoms with Crippen molar-refractivity contribution < 1.29 is 9.66 Å². The highest BCUT2D eigenvalue weighted by Crippen LogP contribution is 2.26. The molecule has 7 nitrogen and oxygen atoms in total. The van der Waals surface area contributed by atoms with Crippen LogP contribution in [0.2, 0.25) is 0 Å². The van der Waals surface area contributed by atoms with E-state index in [2.05, 4.69) is 11.9 Å². The minimum Gasteiger partial charge on any atom is -0.383 e. The fourth-order valence-electron chi connectivity index (χ4n) is 2.24. The lowest BCUT2D eigenvalue weighted by Gasteiger charge is -2.39. The van der Waals surface area contributed by atoms with Gasteiger partial charge in [0.1, 0.15) is 11.6 Å². The maximum Gasteiger partial charge on any atom is 0.276 e. The molecule has 1 aromatic heterocycles. The molecule has 2 atom stereocenters. The molecule has 2 N–H and O–H groups in total. The van der Waals surface area contributed by atoms with Gasteiger partial charge in [-0.15, -0.1) is 0 Å². The van der Waals surface area contributed by atoms with Gasteiger partial charge in [0, 0.05) is 6.54 Å². The number of ether oxygens (including phenoxy) is 1. The Kier molecular flexibility index (Phi) is 3.84. The van der Waals surface area contributed by atoms with Crippen molar-refractivity contribution in [3.63, 3.8) is 0 Å². The van der Waals surface area contributed by atoms with Gasteiger partial charge in [-0.25, -0.2) is 4.98 Å². The van der Waals surface area contributed by atoms with Crippen LogP contribution < -0.4 is 10.6 Å². The Labute approximate surface area is 111 Å². The van der Waals surface area contributed by atoms with E-state index in [9.17, 15) is 10.1 Å². The number of morpholine rings is 1. The Morgan fingerprint density at radius 3 is 3.00 bits per heavy atom. The quantitative estimate of drug-likeness (QED) is 0.659. The Balaban J connectivity index is 2.35. The van der Waals surface area contributed by atoms with E-state index >= 15 is 0 Å². The predicted octanol–water partition coefficient (Wildman–Crippen LogP) is 1.58. The van der Waals surface area contributed by atoms with Gasteiger partial charge in [0.05, 0.1) is 35.8 Å². The molecule has 2 unspecified atom stereocenters. The van der Waals surface area contributed by atoms with Crippen molar-refractivity contribution in [1.82, 2.24) is 4.98 Å². The lowest BCUT2D eigenvalue weighted by Crippen LogP contribution is -2.49. The molecule has 0 radical (unpaired) electrons. The first-order valence-electron chi connectivity index (χ1n) is 6.31. The molecule has 19 heavy (non-hydrogen) atoms. The SMILES string of the molecule is CCC1COC(C)CN1c1cc([N+](=O)[O-])cc(N)n1. The standard InChI is InChI=1S/C12H18N4O3/c1-3-9-7-19-8(2)6-15(9)12-5-10(16(17)18)4-11(13)14-12/h4-5,8-9H,3,6-7H2,1-2H3,(H2,13,14). The second-order valence-corrected chi connectivity index (χ2v) is 4.72. The molecule has 1 aromatic rings. The van der Waals surface area contributed by atoms with Gasteiger partial charge in [-0.3, -0.25) is 10.1 Å². The topological polar surface area (TPSA) is 94.5 Å². The summed E-state index contributed by atoms with van der Waals surface area (Å²) in [5.74, 6) is 0.715. The highest BCUT2D eigenvalue weighted by atomic mass is 16.6. The first-order valence-corrected chi connectivity index (χ1v) is 6.31. The molecule has 1 aliphatic rings. The molecule has 2 heterocycles. The summed E-state index contributed by atoms with van der Waals surface area (Å²) in [6, 6.07) is 2.91. The molecule has 1 fully saturated rings. The van der Waals surface area contributed by atoms with Crippen LogP contribution in [0.15, 0.2) is 12.1 Å². The Morgan fingerprint density at radius 1 is 1.63 bits per heavy atom. The van der Waals surface area contributed by atoms with E-state index in [1.807, 2.05) is 11.8 Å². The fourth-order valence-corrected chi connectivity index (χ4v) is 2.24. The first-order chi connectivity index (χ1) is 9.01. The minimum absolute atomic E-state index is 0.0310. The van der Waals surface area contributed by atoms with E-state index in [0.29, 0.717) is 19.0 Å². The highest BCUT2D eigenvalue weighted by Gasteiger charge is 2.27. The Bertz CT molecular complexity index is 480. The predicted molar refractivity (Wildman–Crippen MR) is 72.1 cm³/mol. The van der Waals surface area contributed by atoms with Crippen LogP contribution in [-0.4, -0.2) is 35.2 Å². The lowest BCUT2D eigenvalue weighted by atomic mass is 10.1. The summed E-state index contributed by atoms with van der Waals surface area (Å²) in [5.41, 5.74) is 5.62. The molecule has 0 bridgehead atoms. The molecule has 0 spiro atoms. The molecule has 104 valence electrons. The Morgan fingerprint density at radius 2 is 2.37 bits per heavy atom. The van der Waals surface area contributed by atoms with Crippen LogP contribution >= 0.6 is 0 Å². The van der Waals surface area contributed by atoms with Gasteiger partial charge >= 0.3 is 0 Å². The van der Waals surface area contributed by atoms with E-state index in [1.165, 1.54) is 12.1 Å². The van der Waals surface area contributed by atoms with E-state index in [1.54, 1.807) is 0 Å². The van der Waals surface area contributed by atoms with Crippen LogP contribution in [0.1, 0.15) is 20.3 Å². The lowest BCUT2D eigenvalue weighted by molar-refractivity contribution is -0.384. The summed E-state index contributed by atoms with van der Waals surface area (Å²) in [6.45, 7) is 5.28. The molecular weight excluding hydrogens is 248 g/mol. The second-order valence-electron chi connectivity index (χ2n) is 4.72. The number of pyridine rings is 1. The summed E-state index contributed by atoms with van der Waals surface area (Å²) in [5, 5.41) is 10.9. The zero-order chi connectivity index (χ0) is 14.0. The number of rotatable bonds is 3. The summed E-state index contributed by atoms with van der Waals surface area (Å²) in [6.07, 6.45) is 0.960. The average molecular weight is 266 g/mol. The van der Waals surface area contributed by atoms with Crippen molar-refractivity contribution in [3.05, 3.63) is 22.2 Å². The molecular formula is C12H18N4O3. The number of hydrogen-bond donors (Lipinski definition) is 1. The van der Waals surface area contributed by atoms with Gasteiger partial charge in [-0.2, -0.15) is 0 Å². The van der Waals surface area contributed by atoms with Crippen LogP contribution in [-0.2, 0) is 4.74 Å². The third-order valence-corrected chi connectivity index (χ3v) is 3.26. The van der Waals surface area contributed by atoms with Crippen molar-refractivity contribution in [2.75, 3.05) is 23.8 Å². The van der Waals surface area contributed by atoms with Gasteiger partial charge < -0.3 is 15.4 Å². The smallest absolute Gasteiger partial charge is 0.276 e. The van der Waals surface area contributed by atoms with Gasteiger partial charge in [0.15, 0.2) is 0 Å². The maximum absolute atomic E-state index is 10.9. The van der Waals surface area contributed by atoms with Crippen molar-refractivity contribution in [2.24, 2.45) is 0 Å². The summed E-state index contributed by atoms with van der Waals surface area (Å²) < 4.78 is 5.61. The molecule has 7 heteroatoms. The summed E-state index contributed by atoms with van der Waals surface area (Å²) in [4.78, 5) is 16.7. The first kappa shape index (κ1) is 13.5. The number of hydrogen-bond acceptors (Lipinski definition) is 6. The number of anilines is 2. The van der Waals surface area contributed by atoms with Gasteiger partial charge in [0.25, 0.3) is 5.69 Å². The number of nitrogens with zero attached hydrogens (tertiary/aromatic N) is 3. The van der Waals surface area contributed by atoms with Crippen molar-refractivity contribution >= 4 is 17.3 Å². The average Bonchev–Trinajstić information content (AvgIpc) is 2.37. The van der Waals surface area contributed by atoms with Crippen LogP contribution in [0, 0.1) is 10.1 Å². The van der Waals surface area contributed by atoms with Crippen LogP contribution in [0.25, 0.3) is 0 Å². The zero-order valence-corrected chi connectivity index (χ0v) is 11.1. The van der Waals surface area contributed by atoms with Gasteiger partial charge in [-0.05, 0) is 13.3 Å². The van der Waals surface area contributed by atoms with Crippen LogP contribution in [0.3, 0.4) is 0 Å². The summed E-state index contributed by atoms with van der Waals surface area (Å²) >= 11 is 0. The zero-order valence-electron chi connectivity index (χ0n) is 11.1. The third-order valence-electron chi connectivity index (χ3n) is 3.26. The molecule has 0 aromatic carbocycles.